The molecule has 4 amide bonds. The molecule has 2 aliphatic heterocycles. The standard InChI is InChI=1S/C47H47N7O4/c48-41(35-9-3-1-4-10-35)46(57)53-27-7-13-39(53)43-49-30-38(51-43)34-23-21-32(22-24-34)16-15-31-17-19-33(20-18-31)29-50-45(56)40-14-8-28-54(40)47(58)42(36-11-5-2-6-12-36)52-44(55)37-25-26-37/h1-6,9-12,17-24,30,37,39-42H,7-8,13-14,25-29,48H2,(H,49,51)(H,50,56)(H,52,55)/t39-,40-,41+,42+/m0/s1. The molecule has 11 nitrogen and oxygen atoms in total. The summed E-state index contributed by atoms with van der Waals surface area (Å²) in [5.74, 6) is 6.51. The van der Waals surface area contributed by atoms with Gasteiger partial charge in [0.2, 0.25) is 23.6 Å². The number of H-pyrrole nitrogens is 1. The monoisotopic (exact) mass is 773 g/mol. The molecule has 0 spiro atoms. The van der Waals surface area contributed by atoms with Crippen LogP contribution < -0.4 is 16.4 Å². The lowest BCUT2D eigenvalue weighted by molar-refractivity contribution is -0.141. The van der Waals surface area contributed by atoms with E-state index in [2.05, 4.69) is 32.4 Å². The Bertz CT molecular complexity index is 2310. The second-order valence-electron chi connectivity index (χ2n) is 15.3. The van der Waals surface area contributed by atoms with Crippen LogP contribution in [0.3, 0.4) is 0 Å². The van der Waals surface area contributed by atoms with Gasteiger partial charge in [-0.3, -0.25) is 19.2 Å². The molecule has 5 N–H and O–H groups in total. The summed E-state index contributed by atoms with van der Waals surface area (Å²) in [6, 6.07) is 32.1. The predicted molar refractivity (Wildman–Crippen MR) is 220 cm³/mol. The van der Waals surface area contributed by atoms with Crippen LogP contribution in [0.2, 0.25) is 0 Å². The smallest absolute Gasteiger partial charge is 0.250 e. The molecule has 11 heteroatoms. The summed E-state index contributed by atoms with van der Waals surface area (Å²) in [5, 5.41) is 5.97. The Morgan fingerprint density at radius 2 is 1.34 bits per heavy atom. The van der Waals surface area contributed by atoms with Gasteiger partial charge in [0.1, 0.15) is 23.9 Å². The molecule has 1 aromatic heterocycles. The van der Waals surface area contributed by atoms with Gasteiger partial charge in [-0.1, -0.05) is 96.8 Å². The van der Waals surface area contributed by atoms with Crippen LogP contribution >= 0.6 is 0 Å². The maximum atomic E-state index is 13.8. The number of hydrogen-bond donors (Lipinski definition) is 4. The number of nitrogens with zero attached hydrogens (tertiary/aromatic N) is 3. The van der Waals surface area contributed by atoms with Gasteiger partial charge in [-0.25, -0.2) is 4.98 Å². The third kappa shape index (κ3) is 8.72. The number of benzene rings is 4. The Kier molecular flexibility index (Phi) is 11.5. The number of nitrogens with one attached hydrogen (secondary N) is 3. The van der Waals surface area contributed by atoms with Crippen LogP contribution in [0, 0.1) is 17.8 Å². The van der Waals surface area contributed by atoms with E-state index in [0.29, 0.717) is 31.6 Å². The average molecular weight is 774 g/mol. The van der Waals surface area contributed by atoms with Crippen LogP contribution in [0.5, 0.6) is 0 Å². The molecular formula is C47H47N7O4. The van der Waals surface area contributed by atoms with Crippen LogP contribution in [-0.2, 0) is 25.7 Å². The molecular weight excluding hydrogens is 727 g/mol. The third-order valence-electron chi connectivity index (χ3n) is 11.3. The molecule has 1 saturated carbocycles. The van der Waals surface area contributed by atoms with E-state index < -0.39 is 18.1 Å². The van der Waals surface area contributed by atoms with Crippen molar-refractivity contribution in [3.63, 3.8) is 0 Å². The summed E-state index contributed by atoms with van der Waals surface area (Å²) < 4.78 is 0. The van der Waals surface area contributed by atoms with E-state index in [1.165, 1.54) is 0 Å². The number of carbonyl (C=O) groups excluding carboxylic acids is 4. The fraction of sp³-hybridized carbons (Fsp3) is 0.298. The van der Waals surface area contributed by atoms with Crippen LogP contribution in [0.1, 0.15) is 90.3 Å². The lowest BCUT2D eigenvalue weighted by Gasteiger charge is -2.29. The van der Waals surface area contributed by atoms with E-state index in [4.69, 9.17) is 5.73 Å². The highest BCUT2D eigenvalue weighted by Gasteiger charge is 2.40. The number of likely N-dealkylation sites (tertiary alicyclic amines) is 2. The van der Waals surface area contributed by atoms with Gasteiger partial charge in [-0.15, -0.1) is 0 Å². The van der Waals surface area contributed by atoms with Crippen LogP contribution in [-0.4, -0.2) is 62.5 Å². The van der Waals surface area contributed by atoms with Gasteiger partial charge in [0.05, 0.1) is 17.9 Å². The number of rotatable bonds is 11. The highest BCUT2D eigenvalue weighted by molar-refractivity contribution is 5.94. The van der Waals surface area contributed by atoms with Gasteiger partial charge in [0, 0.05) is 36.7 Å². The topological polar surface area (TPSA) is 154 Å². The van der Waals surface area contributed by atoms with Gasteiger partial charge in [-0.05, 0) is 85.0 Å². The Morgan fingerprint density at radius 3 is 2.02 bits per heavy atom. The summed E-state index contributed by atoms with van der Waals surface area (Å²) in [7, 11) is 0. The van der Waals surface area contributed by atoms with Crippen molar-refractivity contribution in [2.24, 2.45) is 11.7 Å². The Labute approximate surface area is 338 Å². The van der Waals surface area contributed by atoms with Crippen molar-refractivity contribution in [2.75, 3.05) is 13.1 Å². The zero-order valence-corrected chi connectivity index (χ0v) is 32.3. The molecule has 3 fully saturated rings. The van der Waals surface area contributed by atoms with Crippen LogP contribution in [0.15, 0.2) is 115 Å². The molecule has 4 atom stereocenters. The van der Waals surface area contributed by atoms with Gasteiger partial charge >= 0.3 is 0 Å². The molecule has 58 heavy (non-hydrogen) atoms. The number of amides is 4. The fourth-order valence-corrected chi connectivity index (χ4v) is 7.85. The van der Waals surface area contributed by atoms with Crippen molar-refractivity contribution in [1.29, 1.82) is 0 Å². The summed E-state index contributed by atoms with van der Waals surface area (Å²) in [4.78, 5) is 64.8. The molecule has 5 aromatic rings. The molecule has 294 valence electrons. The van der Waals surface area contributed by atoms with E-state index in [1.807, 2.05) is 114 Å². The van der Waals surface area contributed by atoms with Crippen molar-refractivity contribution >= 4 is 23.6 Å². The zero-order valence-electron chi connectivity index (χ0n) is 32.3. The molecule has 3 heterocycles. The van der Waals surface area contributed by atoms with E-state index in [9.17, 15) is 19.2 Å². The van der Waals surface area contributed by atoms with E-state index in [-0.39, 0.29) is 35.6 Å². The van der Waals surface area contributed by atoms with Crippen molar-refractivity contribution in [2.45, 2.75) is 69.2 Å². The number of hydrogen-bond acceptors (Lipinski definition) is 6. The summed E-state index contributed by atoms with van der Waals surface area (Å²) in [6.45, 7) is 1.43. The van der Waals surface area contributed by atoms with Gasteiger partial charge in [-0.2, -0.15) is 0 Å². The van der Waals surface area contributed by atoms with Gasteiger partial charge in [0.25, 0.3) is 0 Å². The van der Waals surface area contributed by atoms with E-state index in [0.717, 1.165) is 71.4 Å². The van der Waals surface area contributed by atoms with Crippen LogP contribution in [0.4, 0.5) is 0 Å². The summed E-state index contributed by atoms with van der Waals surface area (Å²) in [5.41, 5.74) is 12.3. The lowest BCUT2D eigenvalue weighted by atomic mass is 10.0. The molecule has 2 saturated heterocycles. The van der Waals surface area contributed by atoms with Crippen molar-refractivity contribution in [3.05, 3.63) is 149 Å². The zero-order chi connectivity index (χ0) is 40.0. The first-order chi connectivity index (χ1) is 28.3. The Morgan fingerprint density at radius 1 is 0.724 bits per heavy atom. The maximum Gasteiger partial charge on any atom is 0.250 e. The molecule has 4 aromatic carbocycles. The Balaban J connectivity index is 0.844. The summed E-state index contributed by atoms with van der Waals surface area (Å²) in [6.07, 6.45) is 6.49. The van der Waals surface area contributed by atoms with E-state index >= 15 is 0 Å². The maximum absolute atomic E-state index is 13.8. The van der Waals surface area contributed by atoms with E-state index in [1.54, 1.807) is 11.1 Å². The van der Waals surface area contributed by atoms with Gasteiger partial charge < -0.3 is 31.2 Å². The molecule has 3 aliphatic rings. The Hall–Kier alpha value is -6.51. The third-order valence-corrected chi connectivity index (χ3v) is 11.3. The average Bonchev–Trinajstić information content (AvgIpc) is 3.59. The minimum Gasteiger partial charge on any atom is -0.350 e. The number of aromatic nitrogens is 2. The second-order valence-corrected chi connectivity index (χ2v) is 15.3. The molecule has 0 unspecified atom stereocenters. The lowest BCUT2D eigenvalue weighted by Crippen LogP contribution is -2.50. The largest absolute Gasteiger partial charge is 0.350 e. The number of imidazole rings is 1. The normalized spacial score (nSPS) is 18.5. The number of carbonyl (C=O) groups is 4. The molecule has 8 rings (SSSR count). The first-order valence-electron chi connectivity index (χ1n) is 20.1. The van der Waals surface area contributed by atoms with Crippen LogP contribution in [0.25, 0.3) is 11.3 Å². The minimum absolute atomic E-state index is 0.0368. The van der Waals surface area contributed by atoms with Crippen molar-refractivity contribution in [3.8, 4) is 23.1 Å². The van der Waals surface area contributed by atoms with Crippen molar-refractivity contribution in [1.82, 2.24) is 30.4 Å². The van der Waals surface area contributed by atoms with Gasteiger partial charge in [0.15, 0.2) is 0 Å². The number of nitrogens with two attached hydrogens (primary N) is 1. The first-order valence-corrected chi connectivity index (χ1v) is 20.1. The fourth-order valence-electron chi connectivity index (χ4n) is 7.85. The SMILES string of the molecule is N[C@@H](C(=O)N1CCC[C@H]1c1ncc(-c2ccc(C#Cc3ccc(CNC(=O)[C@@H]4CCCN4C(=O)[C@H](NC(=O)C4CC4)c4ccccc4)cc3)cc2)[nH]1)c1ccccc1. The number of aromatic amines is 1. The first kappa shape index (κ1) is 38.4. The molecule has 0 bridgehead atoms. The van der Waals surface area contributed by atoms with Crippen molar-refractivity contribution < 1.29 is 19.2 Å². The molecule has 0 radical (unpaired) electrons. The highest BCUT2D eigenvalue weighted by atomic mass is 16.2. The second kappa shape index (κ2) is 17.3. The highest BCUT2D eigenvalue weighted by Crippen LogP contribution is 2.34. The molecule has 1 aliphatic carbocycles. The predicted octanol–water partition coefficient (Wildman–Crippen LogP) is 5.71. The quantitative estimate of drug-likeness (QED) is 0.126. The minimum atomic E-state index is -0.822. The summed E-state index contributed by atoms with van der Waals surface area (Å²) >= 11 is 0.